The Morgan fingerprint density at radius 1 is 1.16 bits per heavy atom. The number of phenols is 1. The van der Waals surface area contributed by atoms with Gasteiger partial charge in [0.1, 0.15) is 17.7 Å². The van der Waals surface area contributed by atoms with Gasteiger partial charge >= 0.3 is 0 Å². The number of hydrogen-bond donors (Lipinski definition) is 2. The lowest BCUT2D eigenvalue weighted by atomic mass is 10.1. The van der Waals surface area contributed by atoms with Crippen LogP contribution in [0, 0.1) is 6.92 Å². The van der Waals surface area contributed by atoms with Crippen molar-refractivity contribution in [2.75, 3.05) is 0 Å². The van der Waals surface area contributed by atoms with Gasteiger partial charge in [0.25, 0.3) is 5.56 Å². The standard InChI is InChI=1S/C19H17N3O3/c1-13-16(19(25)22(21-13)15-7-3-2-4-8-15)12-20-18-14(10-11-23)6-5-9-17(18)24/h2-9,11-12,21,24H,10H2,1H3. The van der Waals surface area contributed by atoms with Crippen LogP contribution in [-0.4, -0.2) is 27.4 Å². The second-order valence-corrected chi connectivity index (χ2v) is 5.54. The van der Waals surface area contributed by atoms with Crippen molar-refractivity contribution in [1.82, 2.24) is 9.78 Å². The minimum absolute atomic E-state index is 0.0350. The largest absolute Gasteiger partial charge is 0.506 e. The number of phenolic OH excluding ortho intramolecular Hbond substituents is 1. The van der Waals surface area contributed by atoms with Gasteiger partial charge in [0.2, 0.25) is 0 Å². The van der Waals surface area contributed by atoms with Gasteiger partial charge in [-0.1, -0.05) is 30.3 Å². The van der Waals surface area contributed by atoms with E-state index in [4.69, 9.17) is 0 Å². The lowest BCUT2D eigenvalue weighted by molar-refractivity contribution is -0.107. The zero-order valence-corrected chi connectivity index (χ0v) is 13.6. The third kappa shape index (κ3) is 3.28. The molecule has 25 heavy (non-hydrogen) atoms. The minimum Gasteiger partial charge on any atom is -0.506 e. The molecule has 0 aliphatic heterocycles. The summed E-state index contributed by atoms with van der Waals surface area (Å²) in [6.45, 7) is 1.78. The van der Waals surface area contributed by atoms with E-state index < -0.39 is 0 Å². The number of aryl methyl sites for hydroxylation is 1. The third-order valence-electron chi connectivity index (χ3n) is 3.86. The monoisotopic (exact) mass is 335 g/mol. The van der Waals surface area contributed by atoms with Crippen LogP contribution in [0.3, 0.4) is 0 Å². The zero-order valence-electron chi connectivity index (χ0n) is 13.6. The Labute approximate surface area is 144 Å². The van der Waals surface area contributed by atoms with Crippen molar-refractivity contribution in [1.29, 1.82) is 0 Å². The number of hydrogen-bond acceptors (Lipinski definition) is 4. The highest BCUT2D eigenvalue weighted by molar-refractivity contribution is 5.84. The summed E-state index contributed by atoms with van der Waals surface area (Å²) in [4.78, 5) is 27.7. The number of aromatic nitrogens is 2. The van der Waals surface area contributed by atoms with E-state index in [1.54, 1.807) is 19.1 Å². The van der Waals surface area contributed by atoms with Crippen LogP contribution in [0.25, 0.3) is 5.69 Å². The SMILES string of the molecule is Cc1[nH]n(-c2ccccc2)c(=O)c1C=Nc1c(O)cccc1CC=O. The number of para-hydroxylation sites is 2. The van der Waals surface area contributed by atoms with Crippen LogP contribution in [0.2, 0.25) is 0 Å². The minimum atomic E-state index is -0.236. The molecule has 0 saturated heterocycles. The number of H-pyrrole nitrogens is 1. The van der Waals surface area contributed by atoms with Crippen LogP contribution >= 0.6 is 0 Å². The van der Waals surface area contributed by atoms with Gasteiger partial charge in [-0.3, -0.25) is 14.9 Å². The highest BCUT2D eigenvalue weighted by Gasteiger charge is 2.11. The van der Waals surface area contributed by atoms with Crippen molar-refractivity contribution >= 4 is 18.2 Å². The van der Waals surface area contributed by atoms with Gasteiger partial charge in [-0.2, -0.15) is 0 Å². The van der Waals surface area contributed by atoms with E-state index in [1.165, 1.54) is 17.0 Å². The van der Waals surface area contributed by atoms with E-state index in [1.807, 2.05) is 30.3 Å². The van der Waals surface area contributed by atoms with E-state index in [9.17, 15) is 14.7 Å². The molecule has 6 heteroatoms. The molecule has 0 radical (unpaired) electrons. The molecule has 3 rings (SSSR count). The molecule has 2 N–H and O–H groups in total. The van der Waals surface area contributed by atoms with Gasteiger partial charge in [0.05, 0.1) is 11.3 Å². The predicted molar refractivity (Wildman–Crippen MR) is 96.3 cm³/mol. The predicted octanol–water partition coefficient (Wildman–Crippen LogP) is 2.67. The number of benzene rings is 2. The van der Waals surface area contributed by atoms with Crippen LogP contribution in [0.1, 0.15) is 16.8 Å². The first kappa shape index (κ1) is 16.4. The summed E-state index contributed by atoms with van der Waals surface area (Å²) in [5, 5.41) is 13.0. The number of aromatic amines is 1. The number of aromatic hydroxyl groups is 1. The Morgan fingerprint density at radius 3 is 2.64 bits per heavy atom. The van der Waals surface area contributed by atoms with Crippen LogP contribution in [0.15, 0.2) is 58.3 Å². The summed E-state index contributed by atoms with van der Waals surface area (Å²) >= 11 is 0. The summed E-state index contributed by atoms with van der Waals surface area (Å²) in [6.07, 6.45) is 2.30. The Balaban J connectivity index is 2.03. The topological polar surface area (TPSA) is 87.4 Å². The van der Waals surface area contributed by atoms with Crippen LogP contribution in [-0.2, 0) is 11.2 Å². The first-order chi connectivity index (χ1) is 12.1. The Hall–Kier alpha value is -3.41. The molecule has 0 amide bonds. The average molecular weight is 335 g/mol. The molecule has 0 fully saturated rings. The van der Waals surface area contributed by atoms with Crippen molar-refractivity contribution < 1.29 is 9.90 Å². The summed E-state index contributed by atoms with van der Waals surface area (Å²) in [6, 6.07) is 14.1. The molecule has 0 spiro atoms. The number of rotatable bonds is 5. The molecule has 0 atom stereocenters. The summed E-state index contributed by atoms with van der Waals surface area (Å²) in [5.74, 6) is -0.0350. The molecule has 0 saturated carbocycles. The fourth-order valence-corrected chi connectivity index (χ4v) is 2.58. The first-order valence-corrected chi connectivity index (χ1v) is 7.77. The number of aldehydes is 1. The van der Waals surface area contributed by atoms with E-state index >= 15 is 0 Å². The van der Waals surface area contributed by atoms with Gasteiger partial charge in [-0.05, 0) is 30.7 Å². The normalized spacial score (nSPS) is 11.1. The molecule has 2 aromatic carbocycles. The second-order valence-electron chi connectivity index (χ2n) is 5.54. The number of aliphatic imine (C=N–C) groups is 1. The quantitative estimate of drug-likeness (QED) is 0.555. The lowest BCUT2D eigenvalue weighted by Crippen LogP contribution is -2.17. The van der Waals surface area contributed by atoms with Crippen molar-refractivity contribution in [2.45, 2.75) is 13.3 Å². The molecule has 1 heterocycles. The van der Waals surface area contributed by atoms with Crippen LogP contribution < -0.4 is 5.56 Å². The molecule has 6 nitrogen and oxygen atoms in total. The number of nitrogens with zero attached hydrogens (tertiary/aromatic N) is 2. The van der Waals surface area contributed by atoms with Gasteiger partial charge in [0, 0.05) is 18.3 Å². The second kappa shape index (κ2) is 7.00. The van der Waals surface area contributed by atoms with E-state index in [-0.39, 0.29) is 17.7 Å². The highest BCUT2D eigenvalue weighted by atomic mass is 16.3. The number of nitrogens with one attached hydrogen (secondary N) is 1. The highest BCUT2D eigenvalue weighted by Crippen LogP contribution is 2.30. The molecule has 0 aliphatic carbocycles. The van der Waals surface area contributed by atoms with Crippen molar-refractivity contribution in [3.8, 4) is 11.4 Å². The van der Waals surface area contributed by atoms with E-state index in [2.05, 4.69) is 10.1 Å². The maximum Gasteiger partial charge on any atom is 0.280 e. The van der Waals surface area contributed by atoms with Gasteiger partial charge in [-0.15, -0.1) is 0 Å². The first-order valence-electron chi connectivity index (χ1n) is 7.77. The Bertz CT molecular complexity index is 985. The lowest BCUT2D eigenvalue weighted by Gasteiger charge is -2.03. The third-order valence-corrected chi connectivity index (χ3v) is 3.86. The molecular formula is C19H17N3O3. The summed E-state index contributed by atoms with van der Waals surface area (Å²) in [5.41, 5.74) is 2.43. The summed E-state index contributed by atoms with van der Waals surface area (Å²) in [7, 11) is 0. The average Bonchev–Trinajstić information content (AvgIpc) is 2.90. The Kier molecular flexibility index (Phi) is 4.61. The molecule has 0 bridgehead atoms. The van der Waals surface area contributed by atoms with Gasteiger partial charge in [-0.25, -0.2) is 4.68 Å². The molecule has 1 aromatic heterocycles. The van der Waals surface area contributed by atoms with Crippen molar-refractivity contribution in [3.63, 3.8) is 0 Å². The maximum absolute atomic E-state index is 12.6. The summed E-state index contributed by atoms with van der Waals surface area (Å²) < 4.78 is 1.44. The van der Waals surface area contributed by atoms with Crippen LogP contribution in [0.4, 0.5) is 5.69 Å². The molecule has 0 aliphatic rings. The smallest absolute Gasteiger partial charge is 0.280 e. The van der Waals surface area contributed by atoms with Gasteiger partial charge in [0.15, 0.2) is 0 Å². The zero-order chi connectivity index (χ0) is 17.8. The number of carbonyl (C=O) groups excluding carboxylic acids is 1. The van der Waals surface area contributed by atoms with Crippen LogP contribution in [0.5, 0.6) is 5.75 Å². The molecule has 3 aromatic rings. The fraction of sp³-hybridized carbons (Fsp3) is 0.105. The number of carbonyl (C=O) groups is 1. The fourth-order valence-electron chi connectivity index (χ4n) is 2.58. The van der Waals surface area contributed by atoms with E-state index in [0.29, 0.717) is 22.5 Å². The molecule has 126 valence electrons. The van der Waals surface area contributed by atoms with Crippen molar-refractivity contribution in [2.24, 2.45) is 4.99 Å². The molecular weight excluding hydrogens is 318 g/mol. The van der Waals surface area contributed by atoms with Gasteiger partial charge < -0.3 is 9.90 Å². The van der Waals surface area contributed by atoms with E-state index in [0.717, 1.165) is 12.0 Å². The maximum atomic E-state index is 12.6. The Morgan fingerprint density at radius 2 is 1.92 bits per heavy atom. The molecule has 0 unspecified atom stereocenters. The van der Waals surface area contributed by atoms with Crippen molar-refractivity contribution in [3.05, 3.63) is 75.7 Å².